The summed E-state index contributed by atoms with van der Waals surface area (Å²) in [6, 6.07) is 8.61. The number of nitrogens with one attached hydrogen (secondary N) is 1. The van der Waals surface area contributed by atoms with Gasteiger partial charge in [0.1, 0.15) is 0 Å². The average Bonchev–Trinajstić information content (AvgIpc) is 2.69. The summed E-state index contributed by atoms with van der Waals surface area (Å²) in [6.45, 7) is 4.77. The minimum atomic E-state index is -0.418. The molecular formula is C13H17NOS. The molecule has 0 fully saturated rings. The van der Waals surface area contributed by atoms with Gasteiger partial charge in [0, 0.05) is 22.8 Å². The molecule has 0 aliphatic heterocycles. The Labute approximate surface area is 99.9 Å². The third kappa shape index (κ3) is 2.43. The van der Waals surface area contributed by atoms with E-state index in [1.54, 1.807) is 11.3 Å². The second-order valence-corrected chi connectivity index (χ2v) is 5.18. The Bertz CT molecular complexity index is 464. The highest BCUT2D eigenvalue weighted by atomic mass is 32.1. The molecule has 0 bridgehead atoms. The molecule has 1 aromatic carbocycles. The molecule has 0 saturated carbocycles. The second-order valence-electron chi connectivity index (χ2n) is 4.27. The van der Waals surface area contributed by atoms with E-state index in [1.807, 2.05) is 12.1 Å². The summed E-state index contributed by atoms with van der Waals surface area (Å²) in [7, 11) is 0. The summed E-state index contributed by atoms with van der Waals surface area (Å²) in [5.41, 5.74) is 1.04. The largest absolute Gasteiger partial charge is 0.387 e. The number of aliphatic hydroxyl groups excluding tert-OH is 1. The molecule has 0 aliphatic carbocycles. The van der Waals surface area contributed by atoms with Gasteiger partial charge in [0.15, 0.2) is 0 Å². The summed E-state index contributed by atoms with van der Waals surface area (Å²) in [6.07, 6.45) is -0.418. The summed E-state index contributed by atoms with van der Waals surface area (Å²) in [5, 5.41) is 16.6. The lowest BCUT2D eigenvalue weighted by Crippen LogP contribution is -2.27. The van der Waals surface area contributed by atoms with Gasteiger partial charge in [-0.2, -0.15) is 0 Å². The van der Waals surface area contributed by atoms with Crippen molar-refractivity contribution in [1.29, 1.82) is 0 Å². The molecule has 86 valence electrons. The molecule has 2 rings (SSSR count). The van der Waals surface area contributed by atoms with Gasteiger partial charge in [0.05, 0.1) is 6.10 Å². The minimum Gasteiger partial charge on any atom is -0.387 e. The Kier molecular flexibility index (Phi) is 3.59. The van der Waals surface area contributed by atoms with Gasteiger partial charge in [-0.25, -0.2) is 0 Å². The number of benzene rings is 1. The van der Waals surface area contributed by atoms with Crippen LogP contribution in [0.15, 0.2) is 29.6 Å². The fourth-order valence-corrected chi connectivity index (χ4v) is 2.72. The molecule has 0 saturated heterocycles. The van der Waals surface area contributed by atoms with Crippen LogP contribution in [0, 0.1) is 0 Å². The molecular weight excluding hydrogens is 218 g/mol. The van der Waals surface area contributed by atoms with E-state index in [-0.39, 0.29) is 0 Å². The van der Waals surface area contributed by atoms with Crippen LogP contribution in [0.25, 0.3) is 10.1 Å². The fraction of sp³-hybridized carbons (Fsp3) is 0.385. The van der Waals surface area contributed by atoms with Gasteiger partial charge in [-0.15, -0.1) is 11.3 Å². The van der Waals surface area contributed by atoms with Crippen molar-refractivity contribution in [3.63, 3.8) is 0 Å². The number of fused-ring (bicyclic) bond motifs is 1. The van der Waals surface area contributed by atoms with Crippen LogP contribution in [0.3, 0.4) is 0 Å². The third-order valence-corrected chi connectivity index (χ3v) is 3.57. The Morgan fingerprint density at radius 3 is 2.81 bits per heavy atom. The van der Waals surface area contributed by atoms with Gasteiger partial charge in [0.2, 0.25) is 0 Å². The predicted molar refractivity (Wildman–Crippen MR) is 69.9 cm³/mol. The Balaban J connectivity index is 2.19. The first-order chi connectivity index (χ1) is 7.68. The zero-order valence-electron chi connectivity index (χ0n) is 9.60. The smallest absolute Gasteiger partial charge is 0.0928 e. The monoisotopic (exact) mass is 235 g/mol. The highest BCUT2D eigenvalue weighted by Gasteiger charge is 2.12. The van der Waals surface area contributed by atoms with E-state index in [2.05, 4.69) is 36.7 Å². The molecule has 0 amide bonds. The Morgan fingerprint density at radius 2 is 2.06 bits per heavy atom. The van der Waals surface area contributed by atoms with Crippen molar-refractivity contribution in [3.05, 3.63) is 35.2 Å². The summed E-state index contributed by atoms with van der Waals surface area (Å²) in [5.74, 6) is 0. The molecule has 3 heteroatoms. The van der Waals surface area contributed by atoms with E-state index < -0.39 is 6.10 Å². The van der Waals surface area contributed by atoms with E-state index in [4.69, 9.17) is 0 Å². The lowest BCUT2D eigenvalue weighted by Gasteiger charge is -2.13. The summed E-state index contributed by atoms with van der Waals surface area (Å²) >= 11 is 1.69. The quantitative estimate of drug-likeness (QED) is 0.854. The molecule has 1 unspecified atom stereocenters. The molecule has 0 radical (unpaired) electrons. The molecule has 1 aromatic heterocycles. The average molecular weight is 235 g/mol. The van der Waals surface area contributed by atoms with Crippen molar-refractivity contribution in [1.82, 2.24) is 5.32 Å². The van der Waals surface area contributed by atoms with E-state index in [9.17, 15) is 5.11 Å². The summed E-state index contributed by atoms with van der Waals surface area (Å²) < 4.78 is 1.24. The number of thiophene rings is 1. The van der Waals surface area contributed by atoms with Crippen LogP contribution in [0.2, 0.25) is 0 Å². The van der Waals surface area contributed by atoms with Gasteiger partial charge >= 0.3 is 0 Å². The zero-order chi connectivity index (χ0) is 11.5. The fourth-order valence-electron chi connectivity index (χ4n) is 1.71. The maximum Gasteiger partial charge on any atom is 0.0928 e. The topological polar surface area (TPSA) is 32.3 Å². The highest BCUT2D eigenvalue weighted by molar-refractivity contribution is 7.17. The normalized spacial score (nSPS) is 13.5. The van der Waals surface area contributed by atoms with Crippen LogP contribution in [0.4, 0.5) is 0 Å². The first-order valence-electron chi connectivity index (χ1n) is 5.56. The highest BCUT2D eigenvalue weighted by Crippen LogP contribution is 2.29. The van der Waals surface area contributed by atoms with Gasteiger partial charge in [-0.1, -0.05) is 32.0 Å². The van der Waals surface area contributed by atoms with E-state index in [0.717, 1.165) is 5.56 Å². The maximum atomic E-state index is 10.1. The number of hydrogen-bond donors (Lipinski definition) is 2. The lowest BCUT2D eigenvalue weighted by molar-refractivity contribution is 0.173. The van der Waals surface area contributed by atoms with Gasteiger partial charge in [-0.3, -0.25) is 0 Å². The number of aliphatic hydroxyl groups is 1. The zero-order valence-corrected chi connectivity index (χ0v) is 10.4. The molecule has 1 atom stereocenters. The third-order valence-electron chi connectivity index (χ3n) is 2.59. The van der Waals surface area contributed by atoms with Crippen molar-refractivity contribution in [2.45, 2.75) is 26.0 Å². The first kappa shape index (κ1) is 11.6. The molecule has 2 N–H and O–H groups in total. The minimum absolute atomic E-state index is 0.402. The van der Waals surface area contributed by atoms with Crippen molar-refractivity contribution in [3.8, 4) is 0 Å². The van der Waals surface area contributed by atoms with Crippen LogP contribution in [0.5, 0.6) is 0 Å². The Hall–Kier alpha value is -0.900. The van der Waals surface area contributed by atoms with E-state index in [1.165, 1.54) is 10.1 Å². The summed E-state index contributed by atoms with van der Waals surface area (Å²) in [4.78, 5) is 0. The van der Waals surface area contributed by atoms with E-state index >= 15 is 0 Å². The first-order valence-corrected chi connectivity index (χ1v) is 6.44. The van der Waals surface area contributed by atoms with Gasteiger partial charge < -0.3 is 10.4 Å². The van der Waals surface area contributed by atoms with Crippen LogP contribution >= 0.6 is 11.3 Å². The van der Waals surface area contributed by atoms with Crippen LogP contribution in [0.1, 0.15) is 25.5 Å². The molecule has 0 spiro atoms. The standard InChI is InChI=1S/C13H17NOS/c1-9(2)14-7-12(15)11-8-16-13-6-4-3-5-10(11)13/h3-6,8-9,12,14-15H,7H2,1-2H3. The number of rotatable bonds is 4. The molecule has 0 aliphatic rings. The Morgan fingerprint density at radius 1 is 1.31 bits per heavy atom. The van der Waals surface area contributed by atoms with Crippen molar-refractivity contribution in [2.24, 2.45) is 0 Å². The van der Waals surface area contributed by atoms with Gasteiger partial charge in [-0.05, 0) is 16.8 Å². The van der Waals surface area contributed by atoms with E-state index in [0.29, 0.717) is 12.6 Å². The van der Waals surface area contributed by atoms with Crippen molar-refractivity contribution < 1.29 is 5.11 Å². The second kappa shape index (κ2) is 4.95. The van der Waals surface area contributed by atoms with Crippen LogP contribution in [-0.4, -0.2) is 17.7 Å². The SMILES string of the molecule is CC(C)NCC(O)c1csc2ccccc12. The van der Waals surface area contributed by atoms with Crippen LogP contribution in [-0.2, 0) is 0 Å². The molecule has 2 nitrogen and oxygen atoms in total. The lowest BCUT2D eigenvalue weighted by atomic mass is 10.1. The van der Waals surface area contributed by atoms with Crippen molar-refractivity contribution in [2.75, 3.05) is 6.54 Å². The molecule has 1 heterocycles. The predicted octanol–water partition coefficient (Wildman–Crippen LogP) is 2.93. The molecule has 2 aromatic rings. The van der Waals surface area contributed by atoms with Crippen molar-refractivity contribution >= 4 is 21.4 Å². The maximum absolute atomic E-state index is 10.1. The number of hydrogen-bond acceptors (Lipinski definition) is 3. The van der Waals surface area contributed by atoms with Crippen LogP contribution < -0.4 is 5.32 Å². The van der Waals surface area contributed by atoms with Gasteiger partial charge in [0.25, 0.3) is 0 Å². The molecule has 16 heavy (non-hydrogen) atoms.